The van der Waals surface area contributed by atoms with Gasteiger partial charge in [-0.1, -0.05) is 0 Å². The lowest BCUT2D eigenvalue weighted by atomic mass is 10.2. The third kappa shape index (κ3) is 5.60. The fraction of sp³-hybridized carbons (Fsp3) is 0.429. The molecule has 0 unspecified atom stereocenters. The zero-order valence-corrected chi connectivity index (χ0v) is 12.1. The molecule has 0 fully saturated rings. The van der Waals surface area contributed by atoms with E-state index in [-0.39, 0.29) is 25.0 Å². The highest BCUT2D eigenvalue weighted by molar-refractivity contribution is 5.89. The number of amides is 2. The Labute approximate surface area is 119 Å². The smallest absolute Gasteiger partial charge is 0.319 e. The third-order valence-corrected chi connectivity index (χ3v) is 2.56. The molecule has 1 aromatic carbocycles. The van der Waals surface area contributed by atoms with Crippen molar-refractivity contribution in [1.82, 2.24) is 5.32 Å². The number of nitrogens with zero attached hydrogens (tertiary/aromatic N) is 1. The summed E-state index contributed by atoms with van der Waals surface area (Å²) in [6.07, 6.45) is 0.167. The van der Waals surface area contributed by atoms with Gasteiger partial charge in [-0.3, -0.25) is 4.79 Å². The van der Waals surface area contributed by atoms with Crippen LogP contribution in [0.1, 0.15) is 13.3 Å². The van der Waals surface area contributed by atoms with Crippen LogP contribution < -0.4 is 15.5 Å². The van der Waals surface area contributed by atoms with Gasteiger partial charge < -0.3 is 20.3 Å². The van der Waals surface area contributed by atoms with Gasteiger partial charge in [0.15, 0.2) is 0 Å². The van der Waals surface area contributed by atoms with E-state index in [9.17, 15) is 9.59 Å². The number of benzene rings is 1. The molecular weight excluding hydrogens is 258 g/mol. The Hall–Kier alpha value is -2.24. The second-order valence-corrected chi connectivity index (χ2v) is 4.38. The van der Waals surface area contributed by atoms with Crippen LogP contribution in [0.5, 0.6) is 0 Å². The predicted molar refractivity (Wildman–Crippen MR) is 79.0 cm³/mol. The first-order valence-corrected chi connectivity index (χ1v) is 6.50. The Kier molecular flexibility index (Phi) is 6.36. The van der Waals surface area contributed by atoms with Gasteiger partial charge in [0.05, 0.1) is 13.0 Å². The SMILES string of the molecule is CCOC(=O)CCNC(=O)Nc1ccc(N(C)C)cc1. The maximum atomic E-state index is 11.6. The molecule has 0 aromatic heterocycles. The van der Waals surface area contributed by atoms with Crippen LogP contribution >= 0.6 is 0 Å². The average molecular weight is 279 g/mol. The molecule has 0 saturated heterocycles. The Bertz CT molecular complexity index is 443. The van der Waals surface area contributed by atoms with Crippen LogP contribution in [-0.2, 0) is 9.53 Å². The number of rotatable bonds is 6. The number of carbonyl (C=O) groups excluding carboxylic acids is 2. The monoisotopic (exact) mass is 279 g/mol. The van der Waals surface area contributed by atoms with Crippen molar-refractivity contribution in [2.24, 2.45) is 0 Å². The number of urea groups is 1. The summed E-state index contributed by atoms with van der Waals surface area (Å²) in [5, 5.41) is 5.29. The van der Waals surface area contributed by atoms with E-state index in [4.69, 9.17) is 4.74 Å². The highest BCUT2D eigenvalue weighted by Gasteiger charge is 2.05. The zero-order chi connectivity index (χ0) is 15.0. The first-order valence-electron chi connectivity index (χ1n) is 6.50. The zero-order valence-electron chi connectivity index (χ0n) is 12.1. The summed E-state index contributed by atoms with van der Waals surface area (Å²) in [5.41, 5.74) is 1.75. The quantitative estimate of drug-likeness (QED) is 0.779. The van der Waals surface area contributed by atoms with Crippen molar-refractivity contribution in [3.63, 3.8) is 0 Å². The summed E-state index contributed by atoms with van der Waals surface area (Å²) in [7, 11) is 3.90. The third-order valence-electron chi connectivity index (χ3n) is 2.56. The van der Waals surface area contributed by atoms with Gasteiger partial charge in [0.1, 0.15) is 0 Å². The number of hydrogen-bond donors (Lipinski definition) is 2. The summed E-state index contributed by atoms with van der Waals surface area (Å²) < 4.78 is 4.76. The molecule has 0 aliphatic heterocycles. The Morgan fingerprint density at radius 2 is 1.85 bits per heavy atom. The molecule has 2 amide bonds. The number of esters is 1. The number of ether oxygens (including phenoxy) is 1. The lowest BCUT2D eigenvalue weighted by Crippen LogP contribution is -2.30. The van der Waals surface area contributed by atoms with Crippen LogP contribution in [0, 0.1) is 0 Å². The Morgan fingerprint density at radius 3 is 2.40 bits per heavy atom. The molecule has 1 rings (SSSR count). The molecule has 1 aromatic rings. The van der Waals surface area contributed by atoms with Crippen molar-refractivity contribution < 1.29 is 14.3 Å². The largest absolute Gasteiger partial charge is 0.466 e. The molecule has 0 aliphatic rings. The number of nitrogens with one attached hydrogen (secondary N) is 2. The van der Waals surface area contributed by atoms with Gasteiger partial charge in [0.25, 0.3) is 0 Å². The second-order valence-electron chi connectivity index (χ2n) is 4.38. The van der Waals surface area contributed by atoms with Crippen molar-refractivity contribution in [3.8, 4) is 0 Å². The summed E-state index contributed by atoms with van der Waals surface area (Å²) in [4.78, 5) is 24.6. The van der Waals surface area contributed by atoms with Crippen LogP contribution in [0.3, 0.4) is 0 Å². The van der Waals surface area contributed by atoms with E-state index in [1.165, 1.54) is 0 Å². The fourth-order valence-electron chi connectivity index (χ4n) is 1.53. The van der Waals surface area contributed by atoms with E-state index in [2.05, 4.69) is 10.6 Å². The van der Waals surface area contributed by atoms with Crippen LogP contribution in [0.15, 0.2) is 24.3 Å². The molecule has 6 heteroatoms. The van der Waals surface area contributed by atoms with Crippen LogP contribution in [0.25, 0.3) is 0 Å². The first kappa shape index (κ1) is 15.8. The minimum Gasteiger partial charge on any atom is -0.466 e. The van der Waals surface area contributed by atoms with Crippen molar-refractivity contribution in [2.45, 2.75) is 13.3 Å². The van der Waals surface area contributed by atoms with Crippen molar-refractivity contribution in [1.29, 1.82) is 0 Å². The summed E-state index contributed by atoms with van der Waals surface area (Å²) in [6, 6.07) is 7.12. The molecule has 0 saturated carbocycles. The lowest BCUT2D eigenvalue weighted by Gasteiger charge is -2.13. The van der Waals surface area contributed by atoms with Crippen molar-refractivity contribution >= 4 is 23.4 Å². The molecule has 0 radical (unpaired) electrons. The summed E-state index contributed by atoms with van der Waals surface area (Å²) in [6.45, 7) is 2.35. The van der Waals surface area contributed by atoms with Gasteiger partial charge >= 0.3 is 12.0 Å². The second kappa shape index (κ2) is 8.04. The van der Waals surface area contributed by atoms with Gasteiger partial charge in [-0.15, -0.1) is 0 Å². The van der Waals surface area contributed by atoms with E-state index in [0.717, 1.165) is 5.69 Å². The Morgan fingerprint density at radius 1 is 1.20 bits per heavy atom. The maximum Gasteiger partial charge on any atom is 0.319 e. The number of hydrogen-bond acceptors (Lipinski definition) is 4. The molecule has 110 valence electrons. The minimum absolute atomic E-state index is 0.167. The van der Waals surface area contributed by atoms with Crippen LogP contribution in [-0.4, -0.2) is 39.2 Å². The van der Waals surface area contributed by atoms with Crippen molar-refractivity contribution in [3.05, 3.63) is 24.3 Å². The topological polar surface area (TPSA) is 70.7 Å². The summed E-state index contributed by atoms with van der Waals surface area (Å²) >= 11 is 0. The van der Waals surface area contributed by atoms with Crippen molar-refractivity contribution in [2.75, 3.05) is 37.5 Å². The highest BCUT2D eigenvalue weighted by Crippen LogP contribution is 2.15. The molecule has 2 N–H and O–H groups in total. The van der Waals surface area contributed by atoms with Crippen LogP contribution in [0.2, 0.25) is 0 Å². The molecule has 0 bridgehead atoms. The van der Waals surface area contributed by atoms with Gasteiger partial charge in [-0.2, -0.15) is 0 Å². The molecule has 0 heterocycles. The normalized spacial score (nSPS) is 9.75. The van der Waals surface area contributed by atoms with Gasteiger partial charge in [-0.05, 0) is 31.2 Å². The summed E-state index contributed by atoms with van der Waals surface area (Å²) in [5.74, 6) is -0.317. The molecule has 6 nitrogen and oxygen atoms in total. The van der Waals surface area contributed by atoms with Gasteiger partial charge in [0, 0.05) is 32.0 Å². The molecule has 0 atom stereocenters. The maximum absolute atomic E-state index is 11.6. The molecule has 20 heavy (non-hydrogen) atoms. The average Bonchev–Trinajstić information content (AvgIpc) is 2.39. The van der Waals surface area contributed by atoms with Gasteiger partial charge in [-0.25, -0.2) is 4.79 Å². The predicted octanol–water partition coefficient (Wildman–Crippen LogP) is 1.83. The van der Waals surface area contributed by atoms with Crippen LogP contribution in [0.4, 0.5) is 16.2 Å². The molecule has 0 aliphatic carbocycles. The molecule has 0 spiro atoms. The lowest BCUT2D eigenvalue weighted by molar-refractivity contribution is -0.142. The van der Waals surface area contributed by atoms with E-state index in [1.54, 1.807) is 6.92 Å². The number of anilines is 2. The Balaban J connectivity index is 2.33. The fourth-order valence-corrected chi connectivity index (χ4v) is 1.53. The highest BCUT2D eigenvalue weighted by atomic mass is 16.5. The minimum atomic E-state index is -0.341. The number of carbonyl (C=O) groups is 2. The molecular formula is C14H21N3O3. The first-order chi connectivity index (χ1) is 9.52. The van der Waals surface area contributed by atoms with E-state index < -0.39 is 0 Å². The van der Waals surface area contributed by atoms with E-state index >= 15 is 0 Å². The van der Waals surface area contributed by atoms with E-state index in [1.807, 2.05) is 43.3 Å². The van der Waals surface area contributed by atoms with E-state index in [0.29, 0.717) is 12.3 Å². The van der Waals surface area contributed by atoms with Gasteiger partial charge in [0.2, 0.25) is 0 Å². The standard InChI is InChI=1S/C14H21N3O3/c1-4-20-13(18)9-10-15-14(19)16-11-5-7-12(8-6-11)17(2)3/h5-8H,4,9-10H2,1-3H3,(H2,15,16,19).